The van der Waals surface area contributed by atoms with Crippen LogP contribution in [0.2, 0.25) is 0 Å². The summed E-state index contributed by atoms with van der Waals surface area (Å²) in [5.41, 5.74) is 5.22. The first kappa shape index (κ1) is 9.74. The molecule has 0 amide bonds. The predicted octanol–water partition coefficient (Wildman–Crippen LogP) is 0.410. The first-order valence-corrected chi connectivity index (χ1v) is 3.51. The van der Waals surface area contributed by atoms with E-state index in [1.54, 1.807) is 0 Å². The molecule has 64 valence electrons. The number of unbranched alkanes of at least 4 members (excludes halogenated alkanes) is 1. The van der Waals surface area contributed by atoms with Gasteiger partial charge in [0.05, 0.1) is 4.92 Å². The Kier molecular flexibility index (Phi) is 4.89. The second-order valence-corrected chi connectivity index (χ2v) is 2.15. The van der Waals surface area contributed by atoms with Crippen LogP contribution in [0.5, 0.6) is 0 Å². The molecule has 0 unspecified atom stereocenters. The first-order chi connectivity index (χ1) is 5.16. The third-order valence-corrected chi connectivity index (χ3v) is 1.10. The molecule has 0 rings (SSSR count). The summed E-state index contributed by atoms with van der Waals surface area (Å²) in [4.78, 5) is 9.28. The van der Waals surface area contributed by atoms with E-state index in [9.17, 15) is 10.1 Å². The quantitative estimate of drug-likeness (QED) is 0.346. The highest BCUT2D eigenvalue weighted by molar-refractivity contribution is 4.86. The number of nitrogens with two attached hydrogens (primary N) is 1. The number of nitrogens with zero attached hydrogens (tertiary/aromatic N) is 1. The van der Waals surface area contributed by atoms with Crippen LogP contribution in [-0.4, -0.2) is 11.5 Å². The van der Waals surface area contributed by atoms with Gasteiger partial charge in [-0.05, 0) is 6.42 Å². The summed E-state index contributed by atoms with van der Waals surface area (Å²) in [7, 11) is 0. The van der Waals surface area contributed by atoms with E-state index in [2.05, 4.69) is 5.32 Å². The van der Waals surface area contributed by atoms with E-state index < -0.39 is 4.92 Å². The van der Waals surface area contributed by atoms with Crippen molar-refractivity contribution in [2.24, 2.45) is 5.73 Å². The molecule has 3 N–H and O–H groups in total. The van der Waals surface area contributed by atoms with E-state index >= 15 is 0 Å². The van der Waals surface area contributed by atoms with Crippen LogP contribution in [0.25, 0.3) is 0 Å². The Morgan fingerprint density at radius 3 is 2.91 bits per heavy atom. The second kappa shape index (κ2) is 5.52. The van der Waals surface area contributed by atoms with Crippen LogP contribution in [0.3, 0.4) is 0 Å². The third-order valence-electron chi connectivity index (χ3n) is 1.10. The van der Waals surface area contributed by atoms with E-state index in [0.29, 0.717) is 6.54 Å². The number of nitro groups is 1. The van der Waals surface area contributed by atoms with Gasteiger partial charge in [-0.1, -0.05) is 13.3 Å². The molecule has 0 radical (unpaired) electrons. The van der Waals surface area contributed by atoms with Gasteiger partial charge < -0.3 is 11.1 Å². The molecule has 0 fully saturated rings. The van der Waals surface area contributed by atoms with Crippen molar-refractivity contribution in [3.05, 3.63) is 22.1 Å². The maximum atomic E-state index is 9.85. The van der Waals surface area contributed by atoms with Crippen molar-refractivity contribution in [1.82, 2.24) is 5.32 Å². The van der Waals surface area contributed by atoms with Gasteiger partial charge in [-0.3, -0.25) is 10.1 Å². The van der Waals surface area contributed by atoms with E-state index in [-0.39, 0.29) is 5.82 Å². The summed E-state index contributed by atoms with van der Waals surface area (Å²) in [6, 6.07) is 0. The fourth-order valence-corrected chi connectivity index (χ4v) is 0.569. The van der Waals surface area contributed by atoms with Crippen molar-refractivity contribution in [3.63, 3.8) is 0 Å². The van der Waals surface area contributed by atoms with Crippen molar-refractivity contribution >= 4 is 0 Å². The zero-order chi connectivity index (χ0) is 8.69. The zero-order valence-electron chi connectivity index (χ0n) is 6.54. The standard InChI is InChI=1S/C6H13N3O2/c1-2-3-4-8-6(7)5-9(10)11/h5,8H,2-4,7H2,1H3/b6-5+. The van der Waals surface area contributed by atoms with Gasteiger partial charge in [0, 0.05) is 6.54 Å². The normalized spacial score (nSPS) is 11.2. The molecule has 5 nitrogen and oxygen atoms in total. The highest BCUT2D eigenvalue weighted by Crippen LogP contribution is 1.84. The van der Waals surface area contributed by atoms with E-state index in [0.717, 1.165) is 19.0 Å². The minimum absolute atomic E-state index is 0.114. The Bertz CT molecular complexity index is 156. The fourth-order valence-electron chi connectivity index (χ4n) is 0.569. The minimum atomic E-state index is -0.575. The molecule has 0 bridgehead atoms. The molecule has 0 aliphatic carbocycles. The van der Waals surface area contributed by atoms with Crippen molar-refractivity contribution in [3.8, 4) is 0 Å². The molecule has 0 aromatic heterocycles. The van der Waals surface area contributed by atoms with Gasteiger partial charge in [-0.2, -0.15) is 0 Å². The van der Waals surface area contributed by atoms with Crippen molar-refractivity contribution < 1.29 is 4.92 Å². The number of rotatable bonds is 5. The van der Waals surface area contributed by atoms with Gasteiger partial charge >= 0.3 is 0 Å². The summed E-state index contributed by atoms with van der Waals surface area (Å²) in [5.74, 6) is 0.114. The largest absolute Gasteiger partial charge is 0.380 e. The average Bonchev–Trinajstić information content (AvgIpc) is 1.86. The smallest absolute Gasteiger partial charge is 0.273 e. The highest BCUT2D eigenvalue weighted by atomic mass is 16.6. The Morgan fingerprint density at radius 1 is 1.82 bits per heavy atom. The summed E-state index contributed by atoms with van der Waals surface area (Å²) in [5, 5.41) is 12.6. The van der Waals surface area contributed by atoms with Crippen LogP contribution in [0.1, 0.15) is 19.8 Å². The summed E-state index contributed by atoms with van der Waals surface area (Å²) in [6.45, 7) is 2.72. The van der Waals surface area contributed by atoms with Crippen LogP contribution in [-0.2, 0) is 0 Å². The highest BCUT2D eigenvalue weighted by Gasteiger charge is 1.93. The SMILES string of the molecule is CCCCN/C(N)=C/[N+](=O)[O-]. The van der Waals surface area contributed by atoms with Crippen LogP contribution in [0, 0.1) is 10.1 Å². The van der Waals surface area contributed by atoms with Crippen LogP contribution in [0.15, 0.2) is 12.0 Å². The maximum Gasteiger partial charge on any atom is 0.273 e. The lowest BCUT2D eigenvalue weighted by Crippen LogP contribution is -2.21. The van der Waals surface area contributed by atoms with Gasteiger partial charge in [0.15, 0.2) is 5.82 Å². The summed E-state index contributed by atoms with van der Waals surface area (Å²) >= 11 is 0. The number of nitrogens with one attached hydrogen (secondary N) is 1. The van der Waals surface area contributed by atoms with Crippen molar-refractivity contribution in [2.45, 2.75) is 19.8 Å². The van der Waals surface area contributed by atoms with Crippen LogP contribution < -0.4 is 11.1 Å². The van der Waals surface area contributed by atoms with Gasteiger partial charge in [-0.15, -0.1) is 0 Å². The molecular weight excluding hydrogens is 146 g/mol. The molecule has 11 heavy (non-hydrogen) atoms. The lowest BCUT2D eigenvalue weighted by Gasteiger charge is -2.00. The first-order valence-electron chi connectivity index (χ1n) is 3.51. The van der Waals surface area contributed by atoms with Gasteiger partial charge in [-0.25, -0.2) is 0 Å². The minimum Gasteiger partial charge on any atom is -0.380 e. The number of hydrogen-bond donors (Lipinski definition) is 2. The van der Waals surface area contributed by atoms with Gasteiger partial charge in [0.2, 0.25) is 0 Å². The molecule has 0 aromatic carbocycles. The second-order valence-electron chi connectivity index (χ2n) is 2.15. The predicted molar refractivity (Wildman–Crippen MR) is 42.2 cm³/mol. The molecule has 0 saturated heterocycles. The number of hydrogen-bond acceptors (Lipinski definition) is 4. The summed E-state index contributed by atoms with van der Waals surface area (Å²) in [6.07, 6.45) is 2.76. The molecule has 0 aliphatic rings. The Labute approximate surface area is 65.4 Å². The Hall–Kier alpha value is -1.26. The molecule has 0 spiro atoms. The summed E-state index contributed by atoms with van der Waals surface area (Å²) < 4.78 is 0. The molecule has 0 aromatic rings. The topological polar surface area (TPSA) is 81.2 Å². The molecule has 5 heteroatoms. The molecular formula is C6H13N3O2. The van der Waals surface area contributed by atoms with Crippen LogP contribution >= 0.6 is 0 Å². The monoisotopic (exact) mass is 159 g/mol. The van der Waals surface area contributed by atoms with Crippen molar-refractivity contribution in [2.75, 3.05) is 6.54 Å². The molecule has 0 atom stereocenters. The molecule has 0 aliphatic heterocycles. The Balaban J connectivity index is 3.51. The van der Waals surface area contributed by atoms with E-state index in [1.165, 1.54) is 0 Å². The maximum absolute atomic E-state index is 9.85. The lowest BCUT2D eigenvalue weighted by atomic mass is 10.3. The zero-order valence-corrected chi connectivity index (χ0v) is 6.54. The van der Waals surface area contributed by atoms with Crippen molar-refractivity contribution in [1.29, 1.82) is 0 Å². The van der Waals surface area contributed by atoms with E-state index in [4.69, 9.17) is 5.73 Å². The molecule has 0 saturated carbocycles. The van der Waals surface area contributed by atoms with Gasteiger partial charge in [0.25, 0.3) is 6.20 Å². The van der Waals surface area contributed by atoms with E-state index in [1.807, 2.05) is 6.92 Å². The van der Waals surface area contributed by atoms with Gasteiger partial charge in [0.1, 0.15) is 0 Å². The molecule has 0 heterocycles. The Morgan fingerprint density at radius 2 is 2.45 bits per heavy atom. The average molecular weight is 159 g/mol. The third kappa shape index (κ3) is 6.63. The lowest BCUT2D eigenvalue weighted by molar-refractivity contribution is -0.403. The fraction of sp³-hybridized carbons (Fsp3) is 0.667. The van der Waals surface area contributed by atoms with Crippen LogP contribution in [0.4, 0.5) is 0 Å².